The fourth-order valence-corrected chi connectivity index (χ4v) is 7.87. The van der Waals surface area contributed by atoms with Gasteiger partial charge in [-0.2, -0.15) is 0 Å². The lowest BCUT2D eigenvalue weighted by molar-refractivity contribution is -0.386. The fourth-order valence-electron chi connectivity index (χ4n) is 7.19. The smallest absolute Gasteiger partial charge is 0.310 e. The largest absolute Gasteiger partial charge is 0.502 e. The molecule has 2 N–H and O–H groups in total. The first-order valence-corrected chi connectivity index (χ1v) is 13.2. The van der Waals surface area contributed by atoms with Crippen LogP contribution >= 0.6 is 11.3 Å². The number of benzene rings is 1. The third-order valence-electron chi connectivity index (χ3n) is 8.71. The van der Waals surface area contributed by atoms with Crippen LogP contribution in [0.4, 0.5) is 10.8 Å². The number of aromatic nitrogens is 1. The second-order valence-corrected chi connectivity index (χ2v) is 11.9. The molecule has 0 saturated heterocycles. The molecule has 3 unspecified atom stereocenters. The number of aryl methyl sites for hydroxylation is 2. The molecule has 8 nitrogen and oxygen atoms in total. The van der Waals surface area contributed by atoms with Crippen molar-refractivity contribution in [3.63, 3.8) is 0 Å². The molecule has 9 heteroatoms. The number of phenolic OH excluding ortho intramolecular Hbond substituents is 1. The van der Waals surface area contributed by atoms with E-state index in [9.17, 15) is 24.8 Å². The summed E-state index contributed by atoms with van der Waals surface area (Å²) >= 11 is 1.45. The average Bonchev–Trinajstić information content (AvgIpc) is 3.32. The molecule has 2 saturated carbocycles. The summed E-state index contributed by atoms with van der Waals surface area (Å²) in [6.07, 6.45) is 7.52. The number of anilines is 1. The maximum absolute atomic E-state index is 13.2. The SMILES string of the molecule is Cc1cnc(NC(=O)CCC[C@@H]2CC(=O)[C@@]3(C)CCC4c5cc([N+](=O)[O-])c(O)cc5CCC4C23)s1. The second kappa shape index (κ2) is 9.00. The highest BCUT2D eigenvalue weighted by atomic mass is 32.1. The number of hydrogen-bond acceptors (Lipinski definition) is 7. The molecule has 2 aromatic rings. The van der Waals surface area contributed by atoms with Crippen LogP contribution in [-0.2, 0) is 16.0 Å². The van der Waals surface area contributed by atoms with Crippen LogP contribution in [-0.4, -0.2) is 26.7 Å². The molecule has 0 aliphatic heterocycles. The number of nitrogens with zero attached hydrogens (tertiary/aromatic N) is 2. The quantitative estimate of drug-likeness (QED) is 0.400. The molecule has 0 spiro atoms. The number of thiazole rings is 1. The van der Waals surface area contributed by atoms with E-state index in [2.05, 4.69) is 17.2 Å². The van der Waals surface area contributed by atoms with Crippen LogP contribution in [0.3, 0.4) is 0 Å². The first-order valence-electron chi connectivity index (χ1n) is 12.4. The summed E-state index contributed by atoms with van der Waals surface area (Å²) in [6.45, 7) is 4.06. The van der Waals surface area contributed by atoms with Gasteiger partial charge >= 0.3 is 5.69 Å². The third-order valence-corrected chi connectivity index (χ3v) is 9.54. The van der Waals surface area contributed by atoms with Gasteiger partial charge in [-0.05, 0) is 86.3 Å². The first kappa shape index (κ1) is 23.9. The molecule has 5 atom stereocenters. The number of hydrogen-bond donors (Lipinski definition) is 2. The molecule has 5 rings (SSSR count). The van der Waals surface area contributed by atoms with Gasteiger partial charge in [0.1, 0.15) is 5.78 Å². The normalized spacial score (nSPS) is 29.3. The maximum atomic E-state index is 13.2. The van der Waals surface area contributed by atoms with Crippen molar-refractivity contribution < 1.29 is 19.6 Å². The Hall–Kier alpha value is -2.81. The molecule has 1 aromatic carbocycles. The third kappa shape index (κ3) is 4.24. The van der Waals surface area contributed by atoms with Crippen LogP contribution in [0.25, 0.3) is 0 Å². The maximum Gasteiger partial charge on any atom is 0.310 e. The van der Waals surface area contributed by atoms with Crippen LogP contribution in [0.1, 0.15) is 73.8 Å². The van der Waals surface area contributed by atoms with Gasteiger partial charge in [0.05, 0.1) is 4.92 Å². The summed E-state index contributed by atoms with van der Waals surface area (Å²) in [5.74, 6) is 0.911. The molecule has 2 fully saturated rings. The van der Waals surface area contributed by atoms with Crippen molar-refractivity contribution in [1.29, 1.82) is 0 Å². The molecule has 3 aliphatic carbocycles. The minimum atomic E-state index is -0.522. The van der Waals surface area contributed by atoms with Crippen molar-refractivity contribution in [3.05, 3.63) is 44.4 Å². The molecule has 3 aliphatic rings. The van der Waals surface area contributed by atoms with Crippen LogP contribution in [0.5, 0.6) is 5.75 Å². The predicted molar refractivity (Wildman–Crippen MR) is 133 cm³/mol. The summed E-state index contributed by atoms with van der Waals surface area (Å²) in [5.41, 5.74) is 1.38. The molecule has 186 valence electrons. The zero-order chi connectivity index (χ0) is 24.9. The standard InChI is InChI=1S/C26H31N3O5S/c1-14-13-27-25(35-14)28-23(32)5-3-4-16-11-22(31)26(2)9-8-17-18(24(16)26)7-6-15-10-21(30)20(29(33)34)12-19(15)17/h10,12-13,16-18,24,30H,3-9,11H2,1-2H3,(H,27,28,32)/t16-,17?,18?,24?,26-/m1/s1. The minimum absolute atomic E-state index is 0.0494. The highest BCUT2D eigenvalue weighted by molar-refractivity contribution is 7.15. The summed E-state index contributed by atoms with van der Waals surface area (Å²) < 4.78 is 0. The Labute approximate surface area is 208 Å². The lowest BCUT2D eigenvalue weighted by atomic mass is 9.54. The van der Waals surface area contributed by atoms with Crippen molar-refractivity contribution in [2.45, 2.75) is 71.1 Å². The van der Waals surface area contributed by atoms with Crippen molar-refractivity contribution in [2.75, 3.05) is 5.32 Å². The van der Waals surface area contributed by atoms with Gasteiger partial charge in [-0.3, -0.25) is 19.7 Å². The van der Waals surface area contributed by atoms with Crippen LogP contribution in [0, 0.1) is 40.2 Å². The Morgan fingerprint density at radius 2 is 2.17 bits per heavy atom. The first-order chi connectivity index (χ1) is 16.7. The number of rotatable bonds is 6. The van der Waals surface area contributed by atoms with Crippen molar-refractivity contribution in [2.24, 2.45) is 23.2 Å². The van der Waals surface area contributed by atoms with Crippen LogP contribution in [0.15, 0.2) is 18.3 Å². The van der Waals surface area contributed by atoms with E-state index >= 15 is 0 Å². The van der Waals surface area contributed by atoms with Gasteiger partial charge < -0.3 is 10.4 Å². The van der Waals surface area contributed by atoms with E-state index in [0.717, 1.165) is 48.1 Å². The molecular formula is C26H31N3O5S. The second-order valence-electron chi connectivity index (χ2n) is 10.7. The summed E-state index contributed by atoms with van der Waals surface area (Å²) in [5, 5.41) is 25.0. The van der Waals surface area contributed by atoms with Crippen molar-refractivity contribution in [3.8, 4) is 5.75 Å². The molecule has 1 amide bonds. The average molecular weight is 498 g/mol. The summed E-state index contributed by atoms with van der Waals surface area (Å²) in [6, 6.07) is 3.14. The number of Topliss-reactive ketones (excluding diaryl/α,β-unsaturated/α-hetero) is 1. The Balaban J connectivity index is 1.31. The molecular weight excluding hydrogens is 466 g/mol. The Morgan fingerprint density at radius 3 is 2.89 bits per heavy atom. The number of amides is 1. The lowest BCUT2D eigenvalue weighted by Crippen LogP contribution is -2.44. The van der Waals surface area contributed by atoms with E-state index in [-0.39, 0.29) is 46.4 Å². The van der Waals surface area contributed by atoms with Gasteiger partial charge in [-0.25, -0.2) is 4.98 Å². The van der Waals surface area contributed by atoms with Gasteiger partial charge in [0.15, 0.2) is 10.9 Å². The van der Waals surface area contributed by atoms with Gasteiger partial charge in [0, 0.05) is 35.4 Å². The van der Waals surface area contributed by atoms with Crippen molar-refractivity contribution >= 4 is 33.8 Å². The highest BCUT2D eigenvalue weighted by Gasteiger charge is 2.58. The number of nitro groups is 1. The number of phenols is 1. The Kier molecular flexibility index (Phi) is 6.15. The number of ketones is 1. The topological polar surface area (TPSA) is 122 Å². The lowest BCUT2D eigenvalue weighted by Gasteiger charge is -2.49. The minimum Gasteiger partial charge on any atom is -0.502 e. The van der Waals surface area contributed by atoms with Crippen LogP contribution < -0.4 is 5.32 Å². The summed E-state index contributed by atoms with van der Waals surface area (Å²) in [4.78, 5) is 41.7. The van der Waals surface area contributed by atoms with Crippen LogP contribution in [0.2, 0.25) is 0 Å². The van der Waals surface area contributed by atoms with Gasteiger partial charge in [0.25, 0.3) is 0 Å². The number of aromatic hydroxyl groups is 1. The zero-order valence-corrected chi connectivity index (χ0v) is 20.9. The molecule has 0 radical (unpaired) electrons. The van der Waals surface area contributed by atoms with Gasteiger partial charge in [0.2, 0.25) is 5.91 Å². The van der Waals surface area contributed by atoms with E-state index in [1.165, 1.54) is 11.3 Å². The zero-order valence-electron chi connectivity index (χ0n) is 20.1. The monoisotopic (exact) mass is 497 g/mol. The Morgan fingerprint density at radius 1 is 1.37 bits per heavy atom. The van der Waals surface area contributed by atoms with E-state index < -0.39 is 4.92 Å². The Bertz CT molecular complexity index is 1190. The van der Waals surface area contributed by atoms with Crippen molar-refractivity contribution in [1.82, 2.24) is 4.98 Å². The van der Waals surface area contributed by atoms with E-state index in [4.69, 9.17) is 0 Å². The number of nitrogens with one attached hydrogen (secondary N) is 1. The number of nitro benzene ring substituents is 1. The molecule has 35 heavy (non-hydrogen) atoms. The summed E-state index contributed by atoms with van der Waals surface area (Å²) in [7, 11) is 0. The highest BCUT2D eigenvalue weighted by Crippen LogP contribution is 2.62. The van der Waals surface area contributed by atoms with E-state index in [1.54, 1.807) is 18.3 Å². The van der Waals surface area contributed by atoms with Gasteiger partial charge in [-0.15, -0.1) is 11.3 Å². The van der Waals surface area contributed by atoms with Gasteiger partial charge in [-0.1, -0.05) is 6.92 Å². The molecule has 1 aromatic heterocycles. The number of carbonyl (C=O) groups is 2. The molecule has 1 heterocycles. The molecule has 0 bridgehead atoms. The predicted octanol–water partition coefficient (Wildman–Crippen LogP) is 5.53. The fraction of sp³-hybridized carbons (Fsp3) is 0.577. The van der Waals surface area contributed by atoms with E-state index in [0.29, 0.717) is 30.2 Å². The van der Waals surface area contributed by atoms with E-state index in [1.807, 2.05) is 6.92 Å². The number of carbonyl (C=O) groups excluding carboxylic acids is 2. The number of fused-ring (bicyclic) bond motifs is 5.